The van der Waals surface area contributed by atoms with Crippen LogP contribution in [0.1, 0.15) is 33.6 Å². The number of hydrogen-bond donors (Lipinski definition) is 1. The summed E-state index contributed by atoms with van der Waals surface area (Å²) in [4.78, 5) is 11.1. The highest BCUT2D eigenvalue weighted by Gasteiger charge is 2.38. The fourth-order valence-corrected chi connectivity index (χ4v) is 2.29. The molecule has 1 saturated heterocycles. The van der Waals surface area contributed by atoms with Gasteiger partial charge in [-0.15, -0.1) is 0 Å². The molecule has 0 radical (unpaired) electrons. The molecule has 1 aliphatic rings. The van der Waals surface area contributed by atoms with Crippen LogP contribution in [0, 0.1) is 11.3 Å². The molecule has 1 amide bonds. The highest BCUT2D eigenvalue weighted by molar-refractivity contribution is 5.76. The van der Waals surface area contributed by atoms with Gasteiger partial charge in [-0.25, -0.2) is 0 Å². The van der Waals surface area contributed by atoms with Crippen LogP contribution >= 0.6 is 0 Å². The van der Waals surface area contributed by atoms with Crippen LogP contribution in [0.4, 0.5) is 13.2 Å². The predicted octanol–water partition coefficient (Wildman–Crippen LogP) is 2.51. The van der Waals surface area contributed by atoms with Gasteiger partial charge in [0, 0.05) is 19.1 Å². The van der Waals surface area contributed by atoms with E-state index in [1.165, 1.54) is 0 Å². The molecule has 1 N–H and O–H groups in total. The van der Waals surface area contributed by atoms with E-state index >= 15 is 0 Å². The zero-order valence-corrected chi connectivity index (χ0v) is 10.9. The summed E-state index contributed by atoms with van der Waals surface area (Å²) >= 11 is 0. The van der Waals surface area contributed by atoms with Crippen molar-refractivity contribution in [1.82, 2.24) is 5.32 Å². The molecule has 0 spiro atoms. The number of ether oxygens (including phenoxy) is 1. The fraction of sp³-hybridized carbons (Fsp3) is 0.917. The SMILES string of the molecule is CC(C)(C)[C@H]1OCC[C@@H]1CNC(=O)CC(F)(F)F. The van der Waals surface area contributed by atoms with E-state index in [4.69, 9.17) is 4.74 Å². The molecule has 0 aliphatic carbocycles. The second-order valence-electron chi connectivity index (χ2n) is 5.80. The monoisotopic (exact) mass is 267 g/mol. The Kier molecular flexibility index (Phi) is 4.64. The molecule has 1 heterocycles. The van der Waals surface area contributed by atoms with E-state index in [9.17, 15) is 18.0 Å². The Labute approximate surface area is 105 Å². The molecule has 1 aliphatic heterocycles. The van der Waals surface area contributed by atoms with Gasteiger partial charge in [-0.2, -0.15) is 13.2 Å². The lowest BCUT2D eigenvalue weighted by Gasteiger charge is -2.31. The molecule has 0 aromatic heterocycles. The molecule has 6 heteroatoms. The molecule has 18 heavy (non-hydrogen) atoms. The van der Waals surface area contributed by atoms with Crippen LogP contribution in [0.25, 0.3) is 0 Å². The molecular weight excluding hydrogens is 247 g/mol. The van der Waals surface area contributed by atoms with Crippen molar-refractivity contribution in [3.05, 3.63) is 0 Å². The van der Waals surface area contributed by atoms with Crippen LogP contribution in [0.15, 0.2) is 0 Å². The molecule has 106 valence electrons. The molecule has 0 saturated carbocycles. The van der Waals surface area contributed by atoms with E-state index in [-0.39, 0.29) is 24.0 Å². The lowest BCUT2D eigenvalue weighted by Crippen LogP contribution is -2.39. The van der Waals surface area contributed by atoms with Crippen LogP contribution in [-0.4, -0.2) is 31.3 Å². The van der Waals surface area contributed by atoms with Crippen LogP contribution in [-0.2, 0) is 9.53 Å². The molecule has 2 atom stereocenters. The topological polar surface area (TPSA) is 38.3 Å². The van der Waals surface area contributed by atoms with Crippen molar-refractivity contribution in [2.75, 3.05) is 13.2 Å². The summed E-state index contributed by atoms with van der Waals surface area (Å²) in [5, 5.41) is 2.34. The molecular formula is C12H20F3NO2. The highest BCUT2D eigenvalue weighted by atomic mass is 19.4. The summed E-state index contributed by atoms with van der Waals surface area (Å²) in [6.45, 7) is 6.91. The van der Waals surface area contributed by atoms with Gasteiger partial charge in [0.25, 0.3) is 0 Å². The van der Waals surface area contributed by atoms with Crippen molar-refractivity contribution < 1.29 is 22.7 Å². The van der Waals surface area contributed by atoms with Crippen molar-refractivity contribution in [3.8, 4) is 0 Å². The Morgan fingerprint density at radius 3 is 2.44 bits per heavy atom. The summed E-state index contributed by atoms with van der Waals surface area (Å²) in [7, 11) is 0. The van der Waals surface area contributed by atoms with Crippen molar-refractivity contribution in [2.45, 2.75) is 45.9 Å². The zero-order valence-electron chi connectivity index (χ0n) is 10.9. The molecule has 1 fully saturated rings. The third-order valence-electron chi connectivity index (χ3n) is 2.99. The minimum absolute atomic E-state index is 0.0244. The highest BCUT2D eigenvalue weighted by Crippen LogP contribution is 2.34. The van der Waals surface area contributed by atoms with E-state index in [2.05, 4.69) is 5.32 Å². The van der Waals surface area contributed by atoms with Crippen LogP contribution < -0.4 is 5.32 Å². The van der Waals surface area contributed by atoms with E-state index in [0.29, 0.717) is 6.61 Å². The fourth-order valence-electron chi connectivity index (χ4n) is 2.29. The Morgan fingerprint density at radius 1 is 1.33 bits per heavy atom. The second kappa shape index (κ2) is 5.47. The van der Waals surface area contributed by atoms with E-state index < -0.39 is 18.5 Å². The van der Waals surface area contributed by atoms with Gasteiger partial charge < -0.3 is 10.1 Å². The average Bonchev–Trinajstić information content (AvgIpc) is 2.58. The van der Waals surface area contributed by atoms with Crippen LogP contribution in [0.2, 0.25) is 0 Å². The van der Waals surface area contributed by atoms with Crippen molar-refractivity contribution >= 4 is 5.91 Å². The number of halogens is 3. The van der Waals surface area contributed by atoms with Gasteiger partial charge in [0.05, 0.1) is 6.10 Å². The first-order valence-corrected chi connectivity index (χ1v) is 6.04. The molecule has 0 unspecified atom stereocenters. The maximum atomic E-state index is 12.0. The lowest BCUT2D eigenvalue weighted by atomic mass is 9.81. The summed E-state index contributed by atoms with van der Waals surface area (Å²) in [5.74, 6) is -0.885. The van der Waals surface area contributed by atoms with Crippen molar-refractivity contribution in [1.29, 1.82) is 0 Å². The first kappa shape index (κ1) is 15.3. The van der Waals surface area contributed by atoms with E-state index in [1.807, 2.05) is 20.8 Å². The summed E-state index contributed by atoms with van der Waals surface area (Å²) in [5.41, 5.74) is -0.0735. The Bertz CT molecular complexity index is 297. The van der Waals surface area contributed by atoms with E-state index in [1.54, 1.807) is 0 Å². The van der Waals surface area contributed by atoms with Gasteiger partial charge in [0.2, 0.25) is 5.91 Å². The standard InChI is InChI=1S/C12H20F3NO2/c1-11(2,3)10-8(4-5-18-10)7-16-9(17)6-12(13,14)15/h8,10H,4-7H2,1-3H3,(H,16,17)/t8-,10+/m1/s1. The summed E-state index contributed by atoms with van der Waals surface area (Å²) in [6.07, 6.45) is -5.11. The first-order chi connectivity index (χ1) is 8.09. The number of alkyl halides is 3. The minimum Gasteiger partial charge on any atom is -0.377 e. The average molecular weight is 267 g/mol. The Balaban J connectivity index is 2.41. The number of carbonyl (C=O) groups excluding carboxylic acids is 1. The normalized spacial score (nSPS) is 25.2. The van der Waals surface area contributed by atoms with Crippen LogP contribution in [0.3, 0.4) is 0 Å². The van der Waals surface area contributed by atoms with Gasteiger partial charge in [-0.3, -0.25) is 4.79 Å². The smallest absolute Gasteiger partial charge is 0.377 e. The Morgan fingerprint density at radius 2 is 1.94 bits per heavy atom. The van der Waals surface area contributed by atoms with E-state index in [0.717, 1.165) is 6.42 Å². The molecule has 0 bridgehead atoms. The zero-order chi connectivity index (χ0) is 14.0. The first-order valence-electron chi connectivity index (χ1n) is 6.04. The van der Waals surface area contributed by atoms with Crippen molar-refractivity contribution in [2.24, 2.45) is 11.3 Å². The molecule has 3 nitrogen and oxygen atoms in total. The maximum absolute atomic E-state index is 12.0. The quantitative estimate of drug-likeness (QED) is 0.853. The van der Waals surface area contributed by atoms with Gasteiger partial charge in [-0.05, 0) is 11.8 Å². The number of amides is 1. The summed E-state index contributed by atoms with van der Waals surface area (Å²) in [6, 6.07) is 0. The maximum Gasteiger partial charge on any atom is 0.397 e. The number of nitrogens with one attached hydrogen (secondary N) is 1. The number of hydrogen-bond acceptors (Lipinski definition) is 2. The summed E-state index contributed by atoms with van der Waals surface area (Å²) < 4.78 is 41.6. The predicted molar refractivity (Wildman–Crippen MR) is 61.0 cm³/mol. The largest absolute Gasteiger partial charge is 0.397 e. The van der Waals surface area contributed by atoms with Gasteiger partial charge >= 0.3 is 6.18 Å². The molecule has 0 aromatic rings. The van der Waals surface area contributed by atoms with Crippen LogP contribution in [0.5, 0.6) is 0 Å². The van der Waals surface area contributed by atoms with Gasteiger partial charge in [-0.1, -0.05) is 20.8 Å². The molecule has 1 rings (SSSR count). The van der Waals surface area contributed by atoms with Crippen molar-refractivity contribution in [3.63, 3.8) is 0 Å². The van der Waals surface area contributed by atoms with Gasteiger partial charge in [0.15, 0.2) is 0 Å². The number of carbonyl (C=O) groups is 1. The Hall–Kier alpha value is -0.780. The lowest BCUT2D eigenvalue weighted by molar-refractivity contribution is -0.153. The molecule has 0 aromatic carbocycles. The second-order valence-corrected chi connectivity index (χ2v) is 5.80. The van der Waals surface area contributed by atoms with Gasteiger partial charge in [0.1, 0.15) is 6.42 Å². The minimum atomic E-state index is -4.44. The third kappa shape index (κ3) is 4.84. The number of rotatable bonds is 3. The third-order valence-corrected chi connectivity index (χ3v) is 2.99.